The van der Waals surface area contributed by atoms with E-state index in [-0.39, 0.29) is 25.6 Å². The molecule has 0 unspecified atom stereocenters. The minimum atomic E-state index is -0.660. The molecular weight excluding hydrogens is 351 g/mol. The topological polar surface area (TPSA) is 73.6 Å². The number of hydrogen-bond donors (Lipinski definition) is 2. The summed E-state index contributed by atoms with van der Waals surface area (Å²) in [4.78, 5) is 10.9. The maximum atomic E-state index is 10.9. The van der Waals surface area contributed by atoms with Crippen LogP contribution in [0.1, 0.15) is 12.0 Å². The lowest BCUT2D eigenvalue weighted by Crippen LogP contribution is -2.37. The van der Waals surface area contributed by atoms with Crippen molar-refractivity contribution >= 4 is 41.5 Å². The summed E-state index contributed by atoms with van der Waals surface area (Å²) in [5.41, 5.74) is 5.33. The van der Waals surface area contributed by atoms with Crippen LogP contribution in [0.15, 0.2) is 18.2 Å². The van der Waals surface area contributed by atoms with Crippen molar-refractivity contribution in [3.63, 3.8) is 0 Å². The van der Waals surface area contributed by atoms with Crippen LogP contribution in [0.5, 0.6) is 0 Å². The van der Waals surface area contributed by atoms with Gasteiger partial charge in [0.25, 0.3) is 0 Å². The molecule has 124 valence electrons. The molecule has 1 amide bonds. The summed E-state index contributed by atoms with van der Waals surface area (Å²) in [7, 11) is 0. The zero-order chi connectivity index (χ0) is 15.3. The lowest BCUT2D eigenvalue weighted by molar-refractivity contribution is -0.130. The quantitative estimate of drug-likeness (QED) is 0.834. The van der Waals surface area contributed by atoms with Gasteiger partial charge in [0.05, 0.1) is 23.3 Å². The third kappa shape index (κ3) is 4.98. The molecule has 3 N–H and O–H groups in total. The van der Waals surface area contributed by atoms with Crippen LogP contribution in [0, 0.1) is 0 Å². The van der Waals surface area contributed by atoms with E-state index in [1.165, 1.54) is 0 Å². The molecule has 5 nitrogen and oxygen atoms in total. The van der Waals surface area contributed by atoms with Crippen molar-refractivity contribution in [1.82, 2.24) is 5.32 Å². The molecule has 0 aromatic heterocycles. The van der Waals surface area contributed by atoms with Crippen LogP contribution >= 0.6 is 35.6 Å². The molecule has 0 saturated carbocycles. The second-order valence-electron chi connectivity index (χ2n) is 4.93. The molecule has 1 aliphatic rings. The highest BCUT2D eigenvalue weighted by molar-refractivity contribution is 6.42. The molecule has 8 heteroatoms. The average molecular weight is 370 g/mol. The Kier molecular flexibility index (Phi) is 7.89. The minimum absolute atomic E-state index is 0. The molecule has 2 rings (SSSR count). The minimum Gasteiger partial charge on any atom is -0.368 e. The lowest BCUT2D eigenvalue weighted by atomic mass is 9.91. The van der Waals surface area contributed by atoms with Crippen LogP contribution in [0.4, 0.5) is 0 Å². The van der Waals surface area contributed by atoms with E-state index in [0.717, 1.165) is 18.7 Å². The molecule has 1 aliphatic heterocycles. The number of hydrogen-bond acceptors (Lipinski definition) is 4. The maximum Gasteiger partial charge on any atom is 0.243 e. The van der Waals surface area contributed by atoms with Gasteiger partial charge in [-0.2, -0.15) is 0 Å². The second-order valence-corrected chi connectivity index (χ2v) is 5.75. The van der Waals surface area contributed by atoms with Crippen molar-refractivity contribution in [2.75, 3.05) is 32.9 Å². The van der Waals surface area contributed by atoms with Crippen molar-refractivity contribution in [1.29, 1.82) is 0 Å². The molecule has 0 spiro atoms. The molecule has 0 aliphatic carbocycles. The fourth-order valence-electron chi connectivity index (χ4n) is 2.33. The van der Waals surface area contributed by atoms with E-state index in [9.17, 15) is 4.79 Å². The number of primary amides is 1. The number of carbonyl (C=O) groups is 1. The molecule has 1 aromatic rings. The van der Waals surface area contributed by atoms with Gasteiger partial charge in [-0.25, -0.2) is 0 Å². The zero-order valence-electron chi connectivity index (χ0n) is 11.9. The Labute approximate surface area is 145 Å². The Bertz CT molecular complexity index is 506. The molecule has 1 atom stereocenters. The van der Waals surface area contributed by atoms with E-state index in [1.807, 2.05) is 6.07 Å². The zero-order valence-corrected chi connectivity index (χ0v) is 14.3. The Morgan fingerprint density at radius 1 is 1.36 bits per heavy atom. The van der Waals surface area contributed by atoms with E-state index < -0.39 is 11.5 Å². The van der Waals surface area contributed by atoms with E-state index in [1.54, 1.807) is 12.1 Å². The van der Waals surface area contributed by atoms with Crippen molar-refractivity contribution in [3.8, 4) is 0 Å². The predicted molar refractivity (Wildman–Crippen MR) is 88.8 cm³/mol. The van der Waals surface area contributed by atoms with Gasteiger partial charge < -0.3 is 20.5 Å². The monoisotopic (exact) mass is 368 g/mol. The SMILES string of the molecule is Cl.NC(=O)COC[C@]1(c2ccc(Cl)c(Cl)c2)CCNCCO1. The molecule has 1 saturated heterocycles. The summed E-state index contributed by atoms with van der Waals surface area (Å²) < 4.78 is 11.4. The Hall–Kier alpha value is -0.560. The summed E-state index contributed by atoms with van der Waals surface area (Å²) in [6.07, 6.45) is 0.698. The molecule has 22 heavy (non-hydrogen) atoms. The summed E-state index contributed by atoms with van der Waals surface area (Å²) in [5, 5.41) is 4.21. The third-order valence-electron chi connectivity index (χ3n) is 3.39. The number of nitrogens with two attached hydrogens (primary N) is 1. The molecular formula is C14H19Cl3N2O3. The van der Waals surface area contributed by atoms with Gasteiger partial charge in [-0.3, -0.25) is 4.79 Å². The van der Waals surface area contributed by atoms with Crippen LogP contribution in [-0.2, 0) is 19.9 Å². The molecule has 1 fully saturated rings. The number of rotatable bonds is 5. The highest BCUT2D eigenvalue weighted by Crippen LogP contribution is 2.34. The first-order valence-electron chi connectivity index (χ1n) is 6.70. The number of nitrogens with one attached hydrogen (secondary N) is 1. The summed E-state index contributed by atoms with van der Waals surface area (Å²) in [6.45, 7) is 2.18. The maximum absolute atomic E-state index is 10.9. The Morgan fingerprint density at radius 2 is 2.14 bits per heavy atom. The third-order valence-corrected chi connectivity index (χ3v) is 4.13. The van der Waals surface area contributed by atoms with Crippen molar-refractivity contribution in [2.24, 2.45) is 5.73 Å². The van der Waals surface area contributed by atoms with Gasteiger partial charge in [0.1, 0.15) is 12.2 Å². The number of halogens is 3. The summed E-state index contributed by atoms with van der Waals surface area (Å²) >= 11 is 12.1. The molecule has 0 radical (unpaired) electrons. The smallest absolute Gasteiger partial charge is 0.243 e. The highest BCUT2D eigenvalue weighted by atomic mass is 35.5. The first-order chi connectivity index (χ1) is 10.0. The van der Waals surface area contributed by atoms with Crippen LogP contribution in [-0.4, -0.2) is 38.8 Å². The van der Waals surface area contributed by atoms with Gasteiger partial charge in [0.2, 0.25) is 5.91 Å². The van der Waals surface area contributed by atoms with E-state index in [4.69, 9.17) is 38.4 Å². The average Bonchev–Trinajstić information content (AvgIpc) is 2.68. The predicted octanol–water partition coefficient (Wildman–Crippen LogP) is 2.12. The second kappa shape index (κ2) is 8.91. The summed E-state index contributed by atoms with van der Waals surface area (Å²) in [6, 6.07) is 5.38. The van der Waals surface area contributed by atoms with E-state index in [0.29, 0.717) is 23.1 Å². The highest BCUT2D eigenvalue weighted by Gasteiger charge is 2.35. The summed E-state index contributed by atoms with van der Waals surface area (Å²) in [5.74, 6) is -0.508. The Morgan fingerprint density at radius 3 is 2.82 bits per heavy atom. The van der Waals surface area contributed by atoms with Crippen molar-refractivity contribution < 1.29 is 14.3 Å². The number of ether oxygens (including phenoxy) is 2. The first kappa shape index (κ1) is 19.5. The normalized spacial score (nSPS) is 21.7. The number of amides is 1. The lowest BCUT2D eigenvalue weighted by Gasteiger charge is -2.33. The van der Waals surface area contributed by atoms with Crippen LogP contribution in [0.2, 0.25) is 10.0 Å². The van der Waals surface area contributed by atoms with Crippen LogP contribution in [0.25, 0.3) is 0 Å². The standard InChI is InChI=1S/C14H18Cl2N2O3.ClH/c15-11-2-1-10(7-12(11)16)14(9-20-8-13(17)19)3-4-18-5-6-21-14;/h1-2,7,18H,3-6,8-9H2,(H2,17,19);1H/t14-;/m0./s1. The fraction of sp³-hybridized carbons (Fsp3) is 0.500. The van der Waals surface area contributed by atoms with Gasteiger partial charge in [-0.15, -0.1) is 12.4 Å². The van der Waals surface area contributed by atoms with Crippen LogP contribution < -0.4 is 11.1 Å². The largest absolute Gasteiger partial charge is 0.368 e. The van der Waals surface area contributed by atoms with E-state index in [2.05, 4.69) is 5.32 Å². The fourth-order valence-corrected chi connectivity index (χ4v) is 2.62. The van der Waals surface area contributed by atoms with Crippen LogP contribution in [0.3, 0.4) is 0 Å². The van der Waals surface area contributed by atoms with Gasteiger partial charge in [0, 0.05) is 6.54 Å². The van der Waals surface area contributed by atoms with Gasteiger partial charge >= 0.3 is 0 Å². The number of carbonyl (C=O) groups excluding carboxylic acids is 1. The first-order valence-corrected chi connectivity index (χ1v) is 7.45. The number of benzene rings is 1. The van der Waals surface area contributed by atoms with Crippen molar-refractivity contribution in [2.45, 2.75) is 12.0 Å². The molecule has 0 bridgehead atoms. The van der Waals surface area contributed by atoms with E-state index >= 15 is 0 Å². The molecule has 1 aromatic carbocycles. The van der Waals surface area contributed by atoms with Gasteiger partial charge in [0.15, 0.2) is 0 Å². The van der Waals surface area contributed by atoms with Gasteiger partial charge in [-0.05, 0) is 30.7 Å². The Balaban J connectivity index is 0.00000242. The van der Waals surface area contributed by atoms with Crippen molar-refractivity contribution in [3.05, 3.63) is 33.8 Å². The molecule has 1 heterocycles. The van der Waals surface area contributed by atoms with Gasteiger partial charge in [-0.1, -0.05) is 29.3 Å².